The molecule has 8 heteroatoms. The van der Waals surface area contributed by atoms with E-state index in [0.717, 1.165) is 28.1 Å². The van der Waals surface area contributed by atoms with Crippen molar-refractivity contribution in [2.24, 2.45) is 0 Å². The first-order valence-corrected chi connectivity index (χ1v) is 11.9. The highest BCUT2D eigenvalue weighted by molar-refractivity contribution is 6.34. The number of nitrogens with two attached hydrogens (primary N) is 1. The number of nitrogens with one attached hydrogen (secondary N) is 2. The lowest BCUT2D eigenvalue weighted by Gasteiger charge is -2.16. The Morgan fingerprint density at radius 3 is 2.64 bits per heavy atom. The molecule has 0 aliphatic heterocycles. The number of nitrogen functional groups attached to an aromatic ring is 1. The number of halogens is 2. The second-order valence-electron chi connectivity index (χ2n) is 8.81. The summed E-state index contributed by atoms with van der Waals surface area (Å²) in [4.78, 5) is 0. The number of aromatic nitrogens is 2. The predicted molar refractivity (Wildman–Crippen MR) is 147 cm³/mol. The molecule has 4 rings (SSSR count). The molecule has 0 bridgehead atoms. The van der Waals surface area contributed by atoms with Gasteiger partial charge in [-0.05, 0) is 60.9 Å². The smallest absolute Gasteiger partial charge is 0.155 e. The van der Waals surface area contributed by atoms with Gasteiger partial charge in [-0.15, -0.1) is 5.10 Å². The van der Waals surface area contributed by atoms with Crippen molar-refractivity contribution in [1.29, 1.82) is 0 Å². The molecule has 0 atom stereocenters. The Morgan fingerprint density at radius 1 is 1.17 bits per heavy atom. The molecular formula is C28H29ClFN5O. The SMILES string of the molecule is C=C(Nc1cccc(F)c1)c1ccc(-n2cc(C)c(Nc3ccc(N)c(C(C)C)c3Cl)n2)cc1OC. The van der Waals surface area contributed by atoms with E-state index < -0.39 is 0 Å². The van der Waals surface area contributed by atoms with Crippen molar-refractivity contribution in [2.45, 2.75) is 26.7 Å². The quantitative estimate of drug-likeness (QED) is 0.216. The summed E-state index contributed by atoms with van der Waals surface area (Å²) in [5, 5.41) is 11.8. The van der Waals surface area contributed by atoms with Gasteiger partial charge in [0.25, 0.3) is 0 Å². The minimum Gasteiger partial charge on any atom is -0.496 e. The molecule has 1 heterocycles. The minimum absolute atomic E-state index is 0.189. The number of methoxy groups -OCH3 is 1. The number of ether oxygens (including phenoxy) is 1. The molecule has 0 aliphatic rings. The summed E-state index contributed by atoms with van der Waals surface area (Å²) < 4.78 is 20.9. The summed E-state index contributed by atoms with van der Waals surface area (Å²) in [6.07, 6.45) is 1.92. The second kappa shape index (κ2) is 10.3. The zero-order valence-corrected chi connectivity index (χ0v) is 21.4. The summed E-state index contributed by atoms with van der Waals surface area (Å²) in [6.45, 7) is 10.2. The molecular weight excluding hydrogens is 477 g/mol. The highest BCUT2D eigenvalue weighted by atomic mass is 35.5. The van der Waals surface area contributed by atoms with E-state index in [9.17, 15) is 4.39 Å². The van der Waals surface area contributed by atoms with Gasteiger partial charge < -0.3 is 21.1 Å². The van der Waals surface area contributed by atoms with Crippen molar-refractivity contribution < 1.29 is 9.13 Å². The Kier molecular flexibility index (Phi) is 7.22. The van der Waals surface area contributed by atoms with Crippen LogP contribution < -0.4 is 21.1 Å². The molecule has 3 aromatic carbocycles. The van der Waals surface area contributed by atoms with Gasteiger partial charge in [-0.1, -0.05) is 38.1 Å². The van der Waals surface area contributed by atoms with Gasteiger partial charge in [-0.2, -0.15) is 0 Å². The standard InChI is InChI=1S/C28H29ClFN5O/c1-16(2)26-23(31)11-12-24(27(26)29)33-28-17(3)15-35(34-28)21-9-10-22(25(14-21)36-5)18(4)32-20-8-6-7-19(30)13-20/h6-16,32H,4,31H2,1-3,5H3,(H,33,34). The van der Waals surface area contributed by atoms with Crippen LogP contribution in [0.15, 0.2) is 67.4 Å². The van der Waals surface area contributed by atoms with Crippen LogP contribution in [0.4, 0.5) is 27.3 Å². The third-order valence-corrected chi connectivity index (χ3v) is 6.24. The molecule has 0 fully saturated rings. The first-order valence-electron chi connectivity index (χ1n) is 11.5. The summed E-state index contributed by atoms with van der Waals surface area (Å²) in [7, 11) is 1.59. The Hall–Kier alpha value is -3.97. The topological polar surface area (TPSA) is 77.1 Å². The minimum atomic E-state index is -0.325. The molecule has 0 saturated heterocycles. The molecule has 0 amide bonds. The molecule has 4 N–H and O–H groups in total. The van der Waals surface area contributed by atoms with Crippen LogP contribution in [0.5, 0.6) is 5.75 Å². The van der Waals surface area contributed by atoms with E-state index in [0.29, 0.717) is 33.7 Å². The van der Waals surface area contributed by atoms with Crippen molar-refractivity contribution in [3.8, 4) is 11.4 Å². The summed E-state index contributed by atoms with van der Waals surface area (Å²) in [6, 6.07) is 15.6. The summed E-state index contributed by atoms with van der Waals surface area (Å²) >= 11 is 6.66. The number of nitrogens with zero attached hydrogens (tertiary/aromatic N) is 2. The van der Waals surface area contributed by atoms with E-state index in [-0.39, 0.29) is 11.7 Å². The van der Waals surface area contributed by atoms with Crippen molar-refractivity contribution in [3.05, 3.63) is 94.9 Å². The molecule has 0 unspecified atom stereocenters. The number of hydrogen-bond acceptors (Lipinski definition) is 5. The van der Waals surface area contributed by atoms with Gasteiger partial charge in [-0.3, -0.25) is 0 Å². The highest BCUT2D eigenvalue weighted by Gasteiger charge is 2.16. The number of benzene rings is 3. The summed E-state index contributed by atoms with van der Waals surface area (Å²) in [5.74, 6) is 1.15. The normalized spacial score (nSPS) is 11.0. The van der Waals surface area contributed by atoms with Crippen LogP contribution in [-0.2, 0) is 0 Å². The molecule has 36 heavy (non-hydrogen) atoms. The third kappa shape index (κ3) is 5.16. The lowest BCUT2D eigenvalue weighted by Crippen LogP contribution is -2.03. The van der Waals surface area contributed by atoms with E-state index in [1.807, 2.05) is 43.5 Å². The fraction of sp³-hybridized carbons (Fsp3) is 0.179. The fourth-order valence-corrected chi connectivity index (χ4v) is 4.45. The van der Waals surface area contributed by atoms with Crippen LogP contribution in [-0.4, -0.2) is 16.9 Å². The number of hydrogen-bond donors (Lipinski definition) is 3. The van der Waals surface area contributed by atoms with Gasteiger partial charge in [0.15, 0.2) is 5.82 Å². The van der Waals surface area contributed by atoms with E-state index in [1.54, 1.807) is 23.9 Å². The molecule has 186 valence electrons. The van der Waals surface area contributed by atoms with Crippen LogP contribution in [0.25, 0.3) is 11.4 Å². The third-order valence-electron chi connectivity index (χ3n) is 5.84. The van der Waals surface area contributed by atoms with Crippen LogP contribution in [0.1, 0.15) is 36.5 Å². The van der Waals surface area contributed by atoms with E-state index in [2.05, 4.69) is 31.1 Å². The predicted octanol–water partition coefficient (Wildman–Crippen LogP) is 7.51. The van der Waals surface area contributed by atoms with Crippen LogP contribution >= 0.6 is 11.6 Å². The van der Waals surface area contributed by atoms with Gasteiger partial charge in [0.2, 0.25) is 0 Å². The molecule has 4 aromatic rings. The lowest BCUT2D eigenvalue weighted by molar-refractivity contribution is 0.413. The average Bonchev–Trinajstić information content (AvgIpc) is 3.20. The molecule has 0 aliphatic carbocycles. The number of anilines is 4. The fourth-order valence-electron chi connectivity index (χ4n) is 4.01. The van der Waals surface area contributed by atoms with E-state index in [4.69, 9.17) is 27.2 Å². The molecule has 0 spiro atoms. The Bertz CT molecular complexity index is 1430. The van der Waals surface area contributed by atoms with Crippen molar-refractivity contribution in [1.82, 2.24) is 9.78 Å². The maximum Gasteiger partial charge on any atom is 0.155 e. The first-order chi connectivity index (χ1) is 17.2. The van der Waals surface area contributed by atoms with Crippen molar-refractivity contribution >= 4 is 40.2 Å². The monoisotopic (exact) mass is 505 g/mol. The largest absolute Gasteiger partial charge is 0.496 e. The Labute approximate surface area is 215 Å². The number of aryl methyl sites for hydroxylation is 1. The van der Waals surface area contributed by atoms with Crippen LogP contribution in [0.2, 0.25) is 5.02 Å². The molecule has 0 radical (unpaired) electrons. The zero-order chi connectivity index (χ0) is 26.0. The average molecular weight is 506 g/mol. The van der Waals surface area contributed by atoms with E-state index >= 15 is 0 Å². The zero-order valence-electron chi connectivity index (χ0n) is 20.7. The van der Waals surface area contributed by atoms with Crippen LogP contribution in [0.3, 0.4) is 0 Å². The Morgan fingerprint density at radius 2 is 1.94 bits per heavy atom. The van der Waals surface area contributed by atoms with Gasteiger partial charge >= 0.3 is 0 Å². The van der Waals surface area contributed by atoms with Gasteiger partial charge in [0, 0.05) is 40.5 Å². The molecule has 1 aromatic heterocycles. The molecule has 0 saturated carbocycles. The maximum atomic E-state index is 13.6. The first kappa shape index (κ1) is 25.1. The second-order valence-corrected chi connectivity index (χ2v) is 9.19. The van der Waals surface area contributed by atoms with Crippen LogP contribution in [0, 0.1) is 12.7 Å². The maximum absolute atomic E-state index is 13.6. The van der Waals surface area contributed by atoms with Gasteiger partial charge in [-0.25, -0.2) is 9.07 Å². The highest BCUT2D eigenvalue weighted by Crippen LogP contribution is 2.37. The van der Waals surface area contributed by atoms with Crippen molar-refractivity contribution in [3.63, 3.8) is 0 Å². The van der Waals surface area contributed by atoms with Gasteiger partial charge in [0.05, 0.1) is 23.5 Å². The molecule has 6 nitrogen and oxygen atoms in total. The van der Waals surface area contributed by atoms with Crippen molar-refractivity contribution in [2.75, 3.05) is 23.5 Å². The van der Waals surface area contributed by atoms with E-state index in [1.165, 1.54) is 12.1 Å². The summed E-state index contributed by atoms with van der Waals surface area (Å²) in [5.41, 5.74) is 12.1. The lowest BCUT2D eigenvalue weighted by atomic mass is 10.0. The number of rotatable bonds is 8. The van der Waals surface area contributed by atoms with Gasteiger partial charge in [0.1, 0.15) is 11.6 Å². The Balaban J connectivity index is 1.60.